The van der Waals surface area contributed by atoms with Crippen LogP contribution in [0.1, 0.15) is 10.5 Å². The van der Waals surface area contributed by atoms with Gasteiger partial charge < -0.3 is 15.4 Å². The summed E-state index contributed by atoms with van der Waals surface area (Å²) in [5.74, 6) is 0.237. The molecular weight excluding hydrogens is 377 g/mol. The maximum atomic E-state index is 12.2. The Morgan fingerprint density at radius 2 is 2.00 bits per heavy atom. The predicted octanol–water partition coefficient (Wildman–Crippen LogP) is 2.78. The summed E-state index contributed by atoms with van der Waals surface area (Å²) in [5.41, 5.74) is 0.672. The molecule has 26 heavy (non-hydrogen) atoms. The summed E-state index contributed by atoms with van der Waals surface area (Å²) in [6.07, 6.45) is 2.97. The van der Waals surface area contributed by atoms with E-state index in [1.165, 1.54) is 12.4 Å². The lowest BCUT2D eigenvalue weighted by Crippen LogP contribution is -2.39. The zero-order chi connectivity index (χ0) is 18.4. The highest BCUT2D eigenvalue weighted by Crippen LogP contribution is 2.25. The number of benzene rings is 1. The molecule has 0 radical (unpaired) electrons. The summed E-state index contributed by atoms with van der Waals surface area (Å²) in [7, 11) is 0. The first-order valence-electron chi connectivity index (χ1n) is 8.24. The molecule has 0 atom stereocenters. The first-order chi connectivity index (χ1) is 12.6. The van der Waals surface area contributed by atoms with E-state index in [9.17, 15) is 4.79 Å². The van der Waals surface area contributed by atoms with Gasteiger partial charge in [-0.2, -0.15) is 0 Å². The molecule has 2 aromatic rings. The smallest absolute Gasteiger partial charge is 0.275 e. The van der Waals surface area contributed by atoms with Gasteiger partial charge in [0, 0.05) is 31.2 Å². The summed E-state index contributed by atoms with van der Waals surface area (Å²) in [6.45, 7) is 5.10. The van der Waals surface area contributed by atoms with Gasteiger partial charge in [0.15, 0.2) is 0 Å². The number of ether oxygens (including phenoxy) is 1. The number of hydrogen-bond acceptors (Lipinski definition) is 6. The van der Waals surface area contributed by atoms with Crippen molar-refractivity contribution in [2.45, 2.75) is 0 Å². The minimum atomic E-state index is -0.387. The number of nitrogens with zero attached hydrogens (tertiary/aromatic N) is 3. The number of morpholine rings is 1. The Morgan fingerprint density at radius 1 is 1.19 bits per heavy atom. The molecule has 3 rings (SSSR count). The Kier molecular flexibility index (Phi) is 6.62. The molecular formula is C17H19Cl2N5O2. The van der Waals surface area contributed by atoms with Gasteiger partial charge in [-0.15, -0.1) is 0 Å². The Morgan fingerprint density at radius 3 is 2.69 bits per heavy atom. The fraction of sp³-hybridized carbons (Fsp3) is 0.353. The molecule has 1 aromatic heterocycles. The van der Waals surface area contributed by atoms with E-state index in [4.69, 9.17) is 27.9 Å². The number of amides is 1. The summed E-state index contributed by atoms with van der Waals surface area (Å²) < 4.78 is 5.32. The third kappa shape index (κ3) is 5.28. The molecule has 2 heterocycles. The van der Waals surface area contributed by atoms with Crippen LogP contribution in [-0.4, -0.2) is 60.2 Å². The van der Waals surface area contributed by atoms with E-state index in [0.717, 1.165) is 39.4 Å². The zero-order valence-corrected chi connectivity index (χ0v) is 15.6. The van der Waals surface area contributed by atoms with Gasteiger partial charge in [-0.25, -0.2) is 9.97 Å². The maximum Gasteiger partial charge on any atom is 0.275 e. The van der Waals surface area contributed by atoms with Crippen LogP contribution >= 0.6 is 23.2 Å². The van der Waals surface area contributed by atoms with Crippen molar-refractivity contribution in [3.8, 4) is 0 Å². The van der Waals surface area contributed by atoms with E-state index in [2.05, 4.69) is 25.5 Å². The number of rotatable bonds is 6. The number of anilines is 2. The van der Waals surface area contributed by atoms with Gasteiger partial charge in [0.05, 0.1) is 36.3 Å². The first-order valence-corrected chi connectivity index (χ1v) is 9.00. The second-order valence-corrected chi connectivity index (χ2v) is 6.59. The molecule has 9 heteroatoms. The Labute approximate surface area is 161 Å². The topological polar surface area (TPSA) is 79.4 Å². The summed E-state index contributed by atoms with van der Waals surface area (Å²) in [6, 6.07) is 4.85. The Bertz CT molecular complexity index is 751. The summed E-state index contributed by atoms with van der Waals surface area (Å²) >= 11 is 11.9. The maximum absolute atomic E-state index is 12.2. The van der Waals surface area contributed by atoms with Crippen LogP contribution in [0.2, 0.25) is 10.0 Å². The lowest BCUT2D eigenvalue weighted by Gasteiger charge is -2.26. The highest BCUT2D eigenvalue weighted by atomic mass is 35.5. The van der Waals surface area contributed by atoms with E-state index >= 15 is 0 Å². The van der Waals surface area contributed by atoms with Crippen molar-refractivity contribution in [1.29, 1.82) is 0 Å². The average molecular weight is 396 g/mol. The molecule has 1 fully saturated rings. The lowest BCUT2D eigenvalue weighted by atomic mass is 10.3. The van der Waals surface area contributed by atoms with E-state index in [-0.39, 0.29) is 11.6 Å². The van der Waals surface area contributed by atoms with Crippen molar-refractivity contribution in [3.05, 3.63) is 46.3 Å². The molecule has 0 saturated carbocycles. The van der Waals surface area contributed by atoms with Crippen molar-refractivity contribution in [1.82, 2.24) is 14.9 Å². The highest BCUT2D eigenvalue weighted by Gasteiger charge is 2.12. The van der Waals surface area contributed by atoms with Gasteiger partial charge >= 0.3 is 0 Å². The minimum absolute atomic E-state index is 0.203. The van der Waals surface area contributed by atoms with Gasteiger partial charge in [-0.05, 0) is 18.2 Å². The molecule has 1 amide bonds. The molecule has 1 aromatic carbocycles. The first kappa shape index (κ1) is 18.8. The third-order valence-corrected chi connectivity index (χ3v) is 4.45. The standard InChI is InChI=1S/C17H19Cl2N5O2/c18-12-1-2-14(13(19)9-12)23-17(25)15-10-22-16(11-21-15)20-3-4-24-5-7-26-8-6-24/h1-2,9-11H,3-8H2,(H,20,22)(H,23,25). The monoisotopic (exact) mass is 395 g/mol. The number of carbonyl (C=O) groups is 1. The van der Waals surface area contributed by atoms with Gasteiger partial charge in [-0.3, -0.25) is 9.69 Å². The molecule has 0 aliphatic carbocycles. The normalized spacial score (nSPS) is 14.8. The number of hydrogen-bond donors (Lipinski definition) is 2. The van der Waals surface area contributed by atoms with Gasteiger partial charge in [0.1, 0.15) is 11.5 Å². The number of nitrogens with one attached hydrogen (secondary N) is 2. The van der Waals surface area contributed by atoms with Gasteiger partial charge in [0.2, 0.25) is 0 Å². The van der Waals surface area contributed by atoms with E-state index < -0.39 is 0 Å². The second-order valence-electron chi connectivity index (χ2n) is 5.75. The SMILES string of the molecule is O=C(Nc1ccc(Cl)cc1Cl)c1cnc(NCCN2CCOCC2)cn1. The van der Waals surface area contributed by atoms with Gasteiger partial charge in [-0.1, -0.05) is 23.2 Å². The van der Waals surface area contributed by atoms with E-state index in [0.29, 0.717) is 21.6 Å². The van der Waals surface area contributed by atoms with Crippen LogP contribution in [-0.2, 0) is 4.74 Å². The lowest BCUT2D eigenvalue weighted by molar-refractivity contribution is 0.0398. The molecule has 0 spiro atoms. The summed E-state index contributed by atoms with van der Waals surface area (Å²) in [5, 5.41) is 6.75. The van der Waals surface area contributed by atoms with Crippen molar-refractivity contribution in [3.63, 3.8) is 0 Å². The predicted molar refractivity (Wildman–Crippen MR) is 102 cm³/mol. The fourth-order valence-electron chi connectivity index (χ4n) is 2.48. The molecule has 138 valence electrons. The number of aromatic nitrogens is 2. The van der Waals surface area contributed by atoms with Crippen LogP contribution in [0.4, 0.5) is 11.5 Å². The van der Waals surface area contributed by atoms with E-state index in [1.54, 1.807) is 18.2 Å². The quantitative estimate of drug-likeness (QED) is 0.782. The zero-order valence-electron chi connectivity index (χ0n) is 14.0. The number of halogens is 2. The summed E-state index contributed by atoms with van der Waals surface area (Å²) in [4.78, 5) is 22.9. The molecule has 0 unspecified atom stereocenters. The molecule has 2 N–H and O–H groups in total. The molecule has 1 saturated heterocycles. The number of carbonyl (C=O) groups excluding carboxylic acids is 1. The molecule has 7 nitrogen and oxygen atoms in total. The van der Waals surface area contributed by atoms with Crippen LogP contribution in [0, 0.1) is 0 Å². The Hall–Kier alpha value is -1.93. The van der Waals surface area contributed by atoms with Crippen molar-refractivity contribution in [2.24, 2.45) is 0 Å². The largest absolute Gasteiger partial charge is 0.379 e. The third-order valence-electron chi connectivity index (χ3n) is 3.90. The Balaban J connectivity index is 1.50. The molecule has 1 aliphatic rings. The fourth-order valence-corrected chi connectivity index (χ4v) is 2.94. The van der Waals surface area contributed by atoms with Crippen LogP contribution in [0.3, 0.4) is 0 Å². The van der Waals surface area contributed by atoms with Crippen LogP contribution in [0.25, 0.3) is 0 Å². The average Bonchev–Trinajstić information content (AvgIpc) is 2.65. The molecule has 0 bridgehead atoms. The molecule has 1 aliphatic heterocycles. The van der Waals surface area contributed by atoms with Crippen LogP contribution in [0.5, 0.6) is 0 Å². The van der Waals surface area contributed by atoms with Crippen molar-refractivity contribution >= 4 is 40.6 Å². The van der Waals surface area contributed by atoms with Crippen molar-refractivity contribution in [2.75, 3.05) is 50.0 Å². The van der Waals surface area contributed by atoms with Gasteiger partial charge in [0.25, 0.3) is 5.91 Å². The highest BCUT2D eigenvalue weighted by molar-refractivity contribution is 6.36. The van der Waals surface area contributed by atoms with Crippen LogP contribution < -0.4 is 10.6 Å². The second kappa shape index (κ2) is 9.14. The van der Waals surface area contributed by atoms with Crippen molar-refractivity contribution < 1.29 is 9.53 Å². The van der Waals surface area contributed by atoms with Crippen LogP contribution in [0.15, 0.2) is 30.6 Å². The van der Waals surface area contributed by atoms with E-state index in [1.807, 2.05) is 0 Å². The minimum Gasteiger partial charge on any atom is -0.379 e.